The van der Waals surface area contributed by atoms with Crippen LogP contribution in [0.1, 0.15) is 5.56 Å². The summed E-state index contributed by atoms with van der Waals surface area (Å²) in [5, 5.41) is 67.6. The molecule has 1 rings (SSSR count). The Morgan fingerprint density at radius 3 is 0.973 bits per heavy atom. The van der Waals surface area contributed by atoms with Crippen LogP contribution in [-0.4, -0.2) is 92.2 Å². The van der Waals surface area contributed by atoms with Gasteiger partial charge in [-0.1, -0.05) is 55.6 Å². The molecule has 0 aliphatic rings. The van der Waals surface area contributed by atoms with Crippen molar-refractivity contribution >= 4 is 30.1 Å². The van der Waals surface area contributed by atoms with E-state index in [1.807, 2.05) is 18.2 Å². The highest BCUT2D eigenvalue weighted by atomic mass is 16.4. The molecule has 0 heterocycles. The highest BCUT2D eigenvalue weighted by Gasteiger charge is 2.26. The summed E-state index contributed by atoms with van der Waals surface area (Å²) in [5.41, 5.74) is 0.211. The number of isocyanates is 2. The Bertz CT molecular complexity index is 723. The third-order valence-corrected chi connectivity index (χ3v) is 2.81. The number of aryl methyl sites for hydroxylation is 1. The number of carbonyl (C=O) groups is 3. The van der Waals surface area contributed by atoms with Gasteiger partial charge in [0.25, 0.3) is 0 Å². The Hall–Kier alpha value is -4.55. The summed E-state index contributed by atoms with van der Waals surface area (Å²) in [4.78, 5) is 44.4. The topological polar surface area (TPSA) is 275 Å². The third-order valence-electron chi connectivity index (χ3n) is 2.81. The maximum Gasteiger partial charge on any atom is 0.327 e. The molecule has 14 nitrogen and oxygen atoms in total. The first-order valence-electron chi connectivity index (χ1n) is 9.37. The summed E-state index contributed by atoms with van der Waals surface area (Å²) in [7, 11) is 0. The molecule has 0 saturated heterocycles. The highest BCUT2D eigenvalue weighted by Crippen LogP contribution is 2.11. The Labute approximate surface area is 213 Å². The normalized spacial score (nSPS) is 7.59. The lowest BCUT2D eigenvalue weighted by Crippen LogP contribution is -2.37. The molecule has 0 aromatic heterocycles. The molecule has 14 heteroatoms. The maximum atomic E-state index is 9.25. The highest BCUT2D eigenvalue weighted by molar-refractivity contribution is 5.79. The zero-order valence-electron chi connectivity index (χ0n) is 20.2. The van der Waals surface area contributed by atoms with Gasteiger partial charge in [-0.15, -0.1) is 0 Å². The minimum absolute atomic E-state index is 0.406. The Morgan fingerprint density at radius 2 is 0.919 bits per heavy atom. The van der Waals surface area contributed by atoms with E-state index >= 15 is 0 Å². The maximum absolute atomic E-state index is 9.25. The summed E-state index contributed by atoms with van der Waals surface area (Å²) < 4.78 is 0. The van der Waals surface area contributed by atoms with Crippen LogP contribution in [0, 0.1) is 23.2 Å². The van der Waals surface area contributed by atoms with Crippen molar-refractivity contribution in [1.29, 1.82) is 10.8 Å². The number of carbonyl (C=O) groups excluding carboxylic acids is 2. The molecule has 1 aromatic carbocycles. The molecule has 208 valence electrons. The van der Waals surface area contributed by atoms with Crippen molar-refractivity contribution < 1.29 is 59.7 Å². The second-order valence-electron chi connectivity index (χ2n) is 5.62. The van der Waals surface area contributed by atoms with Crippen molar-refractivity contribution in [2.75, 3.05) is 26.4 Å². The zero-order valence-corrected chi connectivity index (χ0v) is 20.2. The van der Waals surface area contributed by atoms with Gasteiger partial charge in [0.15, 0.2) is 0 Å². The van der Waals surface area contributed by atoms with Gasteiger partial charge in [0, 0.05) is 18.2 Å². The molecule has 0 saturated carbocycles. The van der Waals surface area contributed by atoms with Gasteiger partial charge in [-0.2, -0.15) is 0 Å². The zero-order chi connectivity index (χ0) is 30.7. The van der Waals surface area contributed by atoms with Crippen LogP contribution in [0.25, 0.3) is 0 Å². The van der Waals surface area contributed by atoms with Crippen LogP contribution < -0.4 is 0 Å². The molecule has 0 amide bonds. The summed E-state index contributed by atoms with van der Waals surface area (Å²) in [5.74, 6) is -2.94. The Balaban J connectivity index is -0.0000000784. The number of carboxylic acid groups (broad SMARTS) is 3. The van der Waals surface area contributed by atoms with Gasteiger partial charge in [0.1, 0.15) is 0 Å². The van der Waals surface area contributed by atoms with Crippen molar-refractivity contribution in [2.24, 2.45) is 5.41 Å². The van der Waals surface area contributed by atoms with Crippen LogP contribution in [0.3, 0.4) is 0 Å². The number of hydrogen-bond donors (Lipinski definition) is 9. The molecular formula is C23H34N2O12. The number of aliphatic hydroxyl groups excluding tert-OH is 4. The largest absolute Gasteiger partial charge is 0.478 e. The minimum Gasteiger partial charge on any atom is -0.478 e. The van der Waals surface area contributed by atoms with Crippen LogP contribution in [0.15, 0.2) is 68.3 Å². The number of benzene rings is 1. The van der Waals surface area contributed by atoms with E-state index in [1.165, 1.54) is 5.56 Å². The number of aliphatic hydroxyl groups is 4. The molecule has 0 atom stereocenters. The average molecular weight is 531 g/mol. The van der Waals surface area contributed by atoms with E-state index in [0.29, 0.717) is 0 Å². The molecule has 0 spiro atoms. The fraction of sp³-hybridized carbons (Fsp3) is 0.261. The minimum atomic E-state index is -1.11. The van der Waals surface area contributed by atoms with Crippen molar-refractivity contribution in [1.82, 2.24) is 0 Å². The Morgan fingerprint density at radius 1 is 0.730 bits per heavy atom. The van der Waals surface area contributed by atoms with Crippen LogP contribution in [0.4, 0.5) is 0 Å². The molecule has 0 radical (unpaired) electrons. The van der Waals surface area contributed by atoms with E-state index < -0.39 is 49.8 Å². The molecule has 0 unspecified atom stereocenters. The third kappa shape index (κ3) is 59.3. The van der Waals surface area contributed by atoms with E-state index in [0.717, 1.165) is 30.4 Å². The van der Waals surface area contributed by atoms with E-state index in [9.17, 15) is 14.4 Å². The first kappa shape index (κ1) is 45.9. The van der Waals surface area contributed by atoms with Crippen LogP contribution in [0.5, 0.6) is 0 Å². The molecular weight excluding hydrogens is 496 g/mol. The predicted molar refractivity (Wildman–Crippen MR) is 132 cm³/mol. The van der Waals surface area contributed by atoms with Gasteiger partial charge in [0.05, 0.1) is 31.8 Å². The number of nitrogens with one attached hydrogen (secondary N) is 2. The van der Waals surface area contributed by atoms with E-state index in [1.54, 1.807) is 0 Å². The Kier molecular flexibility index (Phi) is 48.0. The lowest BCUT2D eigenvalue weighted by Gasteiger charge is -2.23. The molecule has 37 heavy (non-hydrogen) atoms. The van der Waals surface area contributed by atoms with Gasteiger partial charge in [0.2, 0.25) is 12.2 Å². The van der Waals surface area contributed by atoms with E-state index in [2.05, 4.69) is 38.8 Å². The molecule has 0 fully saturated rings. The van der Waals surface area contributed by atoms with Gasteiger partial charge in [-0.25, -0.2) is 34.8 Å². The van der Waals surface area contributed by atoms with Crippen LogP contribution in [0.2, 0.25) is 0 Å². The summed E-state index contributed by atoms with van der Waals surface area (Å²) >= 11 is 0. The van der Waals surface area contributed by atoms with Gasteiger partial charge >= 0.3 is 17.9 Å². The number of aliphatic carboxylic acids is 3. The monoisotopic (exact) mass is 530 g/mol. The fourth-order valence-corrected chi connectivity index (χ4v) is 0.834. The number of rotatable bonds is 7. The number of hydrogen-bond acceptors (Lipinski definition) is 11. The molecule has 0 aliphatic heterocycles. The molecule has 0 aliphatic carbocycles. The van der Waals surface area contributed by atoms with E-state index in [4.69, 9.17) is 56.2 Å². The summed E-state index contributed by atoms with van der Waals surface area (Å²) in [6.45, 7) is 9.34. The summed E-state index contributed by atoms with van der Waals surface area (Å²) in [6.07, 6.45) is 4.00. The van der Waals surface area contributed by atoms with Gasteiger partial charge < -0.3 is 35.7 Å². The lowest BCUT2D eigenvalue weighted by molar-refractivity contribution is -0.132. The fourth-order valence-electron chi connectivity index (χ4n) is 0.834. The van der Waals surface area contributed by atoms with E-state index in [-0.39, 0.29) is 0 Å². The average Bonchev–Trinajstić information content (AvgIpc) is 2.88. The smallest absolute Gasteiger partial charge is 0.327 e. The second-order valence-corrected chi connectivity index (χ2v) is 5.62. The number of carboxylic acids is 3. The quantitative estimate of drug-likeness (QED) is 0.132. The van der Waals surface area contributed by atoms with Gasteiger partial charge in [-0.3, -0.25) is 0 Å². The SMILES string of the molecule is C=CC(=O)O.C=CC(=O)O.C=CC(=O)O.Cc1ccccc1.N=C=O.N=C=O.OCC(CO)(CO)CO. The van der Waals surface area contributed by atoms with Crippen molar-refractivity contribution in [2.45, 2.75) is 6.92 Å². The predicted octanol–water partition coefficient (Wildman–Crippen LogP) is 0.510. The van der Waals surface area contributed by atoms with Crippen LogP contribution >= 0.6 is 0 Å². The second kappa shape index (κ2) is 38.7. The van der Waals surface area contributed by atoms with Gasteiger partial charge in [-0.05, 0) is 6.92 Å². The van der Waals surface area contributed by atoms with Crippen LogP contribution in [-0.2, 0) is 24.0 Å². The lowest BCUT2D eigenvalue weighted by atomic mass is 9.93. The first-order chi connectivity index (χ1) is 17.3. The molecule has 1 aromatic rings. The summed E-state index contributed by atoms with van der Waals surface area (Å²) in [6, 6.07) is 10.3. The molecule has 0 bridgehead atoms. The van der Waals surface area contributed by atoms with Crippen molar-refractivity contribution in [3.05, 3.63) is 73.9 Å². The molecule has 9 N–H and O–H groups in total. The standard InChI is InChI=1S/C7H8.C5H12O4.3C3H4O2.2CHNO/c1-7-5-3-2-4-6-7;6-1-5(2-7,3-8)4-9;3*1-2-3(4)5;2*2-1-3/h2-6H,1H3;6-9H,1-4H2;3*2H,1H2,(H,4,5);2*2H. The first-order valence-corrected chi connectivity index (χ1v) is 9.37. The van der Waals surface area contributed by atoms with Crippen molar-refractivity contribution in [3.8, 4) is 0 Å². The van der Waals surface area contributed by atoms with Crippen molar-refractivity contribution in [3.63, 3.8) is 0 Å².